The second-order valence-corrected chi connectivity index (χ2v) is 6.65. The number of nitrogens with two attached hydrogens (primary N) is 1. The van der Waals surface area contributed by atoms with E-state index in [0.717, 1.165) is 9.44 Å². The fourth-order valence-electron chi connectivity index (χ4n) is 2.50. The van der Waals surface area contributed by atoms with Crippen molar-refractivity contribution < 1.29 is 13.4 Å². The van der Waals surface area contributed by atoms with E-state index in [1.807, 2.05) is 9.80 Å². The molecule has 0 heterocycles. The number of hydrogen-bond donors (Lipinski definition) is 2. The predicted molar refractivity (Wildman–Crippen MR) is 113 cm³/mol. The summed E-state index contributed by atoms with van der Waals surface area (Å²) in [6, 6.07) is 0. The van der Waals surface area contributed by atoms with Crippen molar-refractivity contribution >= 4 is 31.9 Å². The summed E-state index contributed by atoms with van der Waals surface area (Å²) in [5.74, 6) is 0. The number of hydrogen-bond acceptors (Lipinski definition) is 8. The van der Waals surface area contributed by atoms with E-state index in [2.05, 4.69) is 0 Å². The van der Waals surface area contributed by atoms with Gasteiger partial charge in [0.2, 0.25) is 0 Å². The molecule has 0 fully saturated rings. The molecule has 3 N–H and O–H groups in total. The van der Waals surface area contributed by atoms with Crippen LogP contribution in [0.25, 0.3) is 0 Å². The van der Waals surface area contributed by atoms with Crippen LogP contribution in [0, 0.1) is 0 Å². The molecular weight excluding hydrogens is 380 g/mol. The zero-order valence-electron chi connectivity index (χ0n) is 17.1. The molecular formula is C14H31B4F3N8. The molecule has 160 valence electrons. The summed E-state index contributed by atoms with van der Waals surface area (Å²) in [6.07, 6.45) is 0. The monoisotopic (exact) mass is 412 g/mol. The normalized spacial score (nSPS) is 12.5. The van der Waals surface area contributed by atoms with Crippen LogP contribution in [0.3, 0.4) is 0 Å². The Labute approximate surface area is 178 Å². The molecule has 0 aromatic heterocycles. The molecule has 0 atom stereocenters. The largest absolute Gasteiger partial charge is 0.403 e. The van der Waals surface area contributed by atoms with Crippen molar-refractivity contribution in [2.75, 3.05) is 91.6 Å². The molecule has 0 rings (SSSR count). The molecule has 0 aromatic carbocycles. The predicted octanol–water partition coefficient (Wildman–Crippen LogP) is -2.67. The van der Waals surface area contributed by atoms with Gasteiger partial charge in [-0.05, 0) is 13.1 Å². The number of halogens is 3. The summed E-state index contributed by atoms with van der Waals surface area (Å²) in [5.41, 5.74) is 6.96. The minimum atomic E-state index is -0.112. The molecule has 0 bridgehead atoms. The molecule has 8 radical (unpaired) electrons. The second-order valence-electron chi connectivity index (χ2n) is 6.65. The lowest BCUT2D eigenvalue weighted by molar-refractivity contribution is -0.00552. The van der Waals surface area contributed by atoms with E-state index in [9.17, 15) is 13.4 Å². The highest BCUT2D eigenvalue weighted by Gasteiger charge is 2.13. The van der Waals surface area contributed by atoms with Crippen molar-refractivity contribution in [1.29, 1.82) is 0 Å². The van der Waals surface area contributed by atoms with Crippen LogP contribution in [0.5, 0.6) is 0 Å². The van der Waals surface area contributed by atoms with Gasteiger partial charge in [0.1, 0.15) is 0 Å². The Balaban J connectivity index is 4.33. The Morgan fingerprint density at radius 2 is 0.966 bits per heavy atom. The quantitative estimate of drug-likeness (QED) is 0.166. The van der Waals surface area contributed by atoms with Gasteiger partial charge in [-0.2, -0.15) is 5.54 Å². The lowest BCUT2D eigenvalue weighted by Gasteiger charge is -2.28. The second kappa shape index (κ2) is 18.5. The highest BCUT2D eigenvalue weighted by molar-refractivity contribution is 6.25. The van der Waals surface area contributed by atoms with Crippen molar-refractivity contribution in [1.82, 2.24) is 35.0 Å². The van der Waals surface area contributed by atoms with Crippen LogP contribution < -0.4 is 11.3 Å². The number of nitrogens with zero attached hydrogens (tertiary/aromatic N) is 6. The smallest absolute Gasteiger partial charge is 0.166 e. The fraction of sp³-hybridized carbons (Fsp3) is 1.00. The minimum Gasteiger partial charge on any atom is -0.403 e. The van der Waals surface area contributed by atoms with E-state index in [0.29, 0.717) is 69.1 Å². The van der Waals surface area contributed by atoms with Gasteiger partial charge in [-0.1, -0.05) is 0 Å². The third-order valence-corrected chi connectivity index (χ3v) is 4.22. The maximum atomic E-state index is 14.2. The maximum absolute atomic E-state index is 14.2. The Hall–Kier alpha value is -0.270. The van der Waals surface area contributed by atoms with Crippen molar-refractivity contribution in [3.05, 3.63) is 0 Å². The molecule has 0 amide bonds. The van der Waals surface area contributed by atoms with Crippen LogP contribution in [0.15, 0.2) is 0 Å². The van der Waals surface area contributed by atoms with Gasteiger partial charge in [-0.25, -0.2) is 0 Å². The standard InChI is InChI=1S/C14H31B4F3N8/c15-28(16)13-8-24(3-1-22)5-11-27(21)12-7-25(9-14-29(17)18)6-10-26(20)4-2-23-19/h23H,1-14,22H2. The molecule has 0 aliphatic rings. The third kappa shape index (κ3) is 18.2. The summed E-state index contributed by atoms with van der Waals surface area (Å²) in [4.78, 5) is 3.81. The highest BCUT2D eigenvalue weighted by atomic mass is 19.2. The first kappa shape index (κ1) is 28.7. The third-order valence-electron chi connectivity index (χ3n) is 4.22. The van der Waals surface area contributed by atoms with E-state index in [-0.39, 0.29) is 32.7 Å². The summed E-state index contributed by atoms with van der Waals surface area (Å²) in [5, 5.41) is 1.19. The molecule has 0 unspecified atom stereocenters. The molecule has 0 saturated carbocycles. The summed E-state index contributed by atoms with van der Waals surface area (Å²) < 4.78 is 41.8. The van der Waals surface area contributed by atoms with Crippen molar-refractivity contribution in [3.63, 3.8) is 0 Å². The van der Waals surface area contributed by atoms with Crippen molar-refractivity contribution in [2.24, 2.45) is 5.73 Å². The average Bonchev–Trinajstić information content (AvgIpc) is 2.67. The van der Waals surface area contributed by atoms with Crippen LogP contribution in [0.1, 0.15) is 0 Å². The van der Waals surface area contributed by atoms with Crippen molar-refractivity contribution in [3.8, 4) is 0 Å². The van der Waals surface area contributed by atoms with Gasteiger partial charge in [0.25, 0.3) is 0 Å². The van der Waals surface area contributed by atoms with Gasteiger partial charge >= 0.3 is 0 Å². The molecule has 0 saturated heterocycles. The summed E-state index contributed by atoms with van der Waals surface area (Å²) in [7, 11) is 21.6. The van der Waals surface area contributed by atoms with E-state index in [1.54, 1.807) is 0 Å². The highest BCUT2D eigenvalue weighted by Crippen LogP contribution is 1.98. The van der Waals surface area contributed by atoms with E-state index < -0.39 is 0 Å². The molecule has 29 heavy (non-hydrogen) atoms. The molecule has 0 aromatic rings. The topological polar surface area (TPSA) is 57.5 Å². The van der Waals surface area contributed by atoms with E-state index in [1.165, 1.54) is 5.54 Å². The summed E-state index contributed by atoms with van der Waals surface area (Å²) in [6.45, 7) is 4.17. The Morgan fingerprint density at radius 1 is 0.586 bits per heavy atom. The van der Waals surface area contributed by atoms with Gasteiger partial charge in [-0.3, -0.25) is 9.80 Å². The molecule has 0 aliphatic heterocycles. The van der Waals surface area contributed by atoms with Gasteiger partial charge in [0.05, 0.1) is 0 Å². The number of nitrogens with one attached hydrogen (secondary N) is 1. The Morgan fingerprint density at radius 3 is 1.34 bits per heavy atom. The van der Waals surface area contributed by atoms with Crippen LogP contribution >= 0.6 is 0 Å². The van der Waals surface area contributed by atoms with Crippen molar-refractivity contribution in [2.45, 2.75) is 0 Å². The van der Waals surface area contributed by atoms with Crippen LogP contribution in [0.4, 0.5) is 13.4 Å². The minimum absolute atomic E-state index is 0.0576. The SMILES string of the molecule is [B]N([B])CCN(CCN)CCN(F)CCN(CCN([B])[B])CCN(F)CCNF. The lowest BCUT2D eigenvalue weighted by Crippen LogP contribution is -2.43. The Kier molecular flexibility index (Phi) is 18.3. The molecule has 8 nitrogen and oxygen atoms in total. The van der Waals surface area contributed by atoms with Crippen LogP contribution in [-0.2, 0) is 0 Å². The van der Waals surface area contributed by atoms with Crippen LogP contribution in [-0.4, -0.2) is 153 Å². The zero-order valence-corrected chi connectivity index (χ0v) is 17.1. The Bertz CT molecular complexity index is 380. The van der Waals surface area contributed by atoms with Gasteiger partial charge in [0, 0.05) is 78.5 Å². The molecule has 15 heteroatoms. The summed E-state index contributed by atoms with van der Waals surface area (Å²) >= 11 is 0. The number of rotatable bonds is 20. The maximum Gasteiger partial charge on any atom is 0.166 e. The average molecular weight is 412 g/mol. The fourth-order valence-corrected chi connectivity index (χ4v) is 2.50. The zero-order chi connectivity index (χ0) is 22.1. The lowest BCUT2D eigenvalue weighted by atomic mass is 10.1. The van der Waals surface area contributed by atoms with E-state index >= 15 is 0 Å². The van der Waals surface area contributed by atoms with Gasteiger partial charge in [-0.15, -0.1) is 23.7 Å². The first-order valence-corrected chi connectivity index (χ1v) is 9.62. The first-order chi connectivity index (χ1) is 13.8. The van der Waals surface area contributed by atoms with E-state index in [4.69, 9.17) is 37.7 Å². The first-order valence-electron chi connectivity index (χ1n) is 9.62. The molecule has 0 spiro atoms. The van der Waals surface area contributed by atoms with Gasteiger partial charge < -0.3 is 15.2 Å². The van der Waals surface area contributed by atoms with Crippen LogP contribution in [0.2, 0.25) is 0 Å². The molecule has 0 aliphatic carbocycles. The van der Waals surface area contributed by atoms with Gasteiger partial charge in [0.15, 0.2) is 31.9 Å².